The first-order valence-corrected chi connectivity index (χ1v) is 5.92. The molecule has 0 aliphatic carbocycles. The monoisotopic (exact) mass is 251 g/mol. The van der Waals surface area contributed by atoms with Gasteiger partial charge in [-0.3, -0.25) is 4.79 Å². The van der Waals surface area contributed by atoms with Crippen molar-refractivity contribution in [2.24, 2.45) is 0 Å². The molecule has 0 fully saturated rings. The Morgan fingerprint density at radius 1 is 1.47 bits per heavy atom. The van der Waals surface area contributed by atoms with Gasteiger partial charge in [-0.05, 0) is 20.8 Å². The molecule has 2 rings (SSSR count). The van der Waals surface area contributed by atoms with Gasteiger partial charge in [0.15, 0.2) is 5.69 Å². The van der Waals surface area contributed by atoms with Gasteiger partial charge in [0, 0.05) is 11.9 Å². The van der Waals surface area contributed by atoms with Crippen LogP contribution in [0.5, 0.6) is 0 Å². The Kier molecular flexibility index (Phi) is 3.19. The molecule has 2 aromatic rings. The van der Waals surface area contributed by atoms with Crippen molar-refractivity contribution in [3.8, 4) is 0 Å². The molecule has 2 N–H and O–H groups in total. The molecule has 0 radical (unpaired) electrons. The summed E-state index contributed by atoms with van der Waals surface area (Å²) in [6.45, 7) is 5.55. The zero-order valence-electron chi connectivity index (χ0n) is 9.81. The highest BCUT2D eigenvalue weighted by atomic mass is 32.1. The molecule has 1 unspecified atom stereocenters. The van der Waals surface area contributed by atoms with E-state index in [0.717, 1.165) is 23.2 Å². The Morgan fingerprint density at radius 2 is 2.24 bits per heavy atom. The zero-order valence-corrected chi connectivity index (χ0v) is 10.6. The number of hydrogen-bond donors (Lipinski definition) is 2. The molecule has 1 atom stereocenters. The standard InChI is InChI=1S/C10H13N5OS/c1-5-4-11-9(12-5)7(3)13-10(16)8-6(2)14-17-15-8/h4,7H,1-3H3,(H,11,12)(H,13,16). The SMILES string of the molecule is Cc1cnc(C(C)NC(=O)c2nsnc2C)[nH]1. The highest BCUT2D eigenvalue weighted by Crippen LogP contribution is 2.10. The van der Waals surface area contributed by atoms with Gasteiger partial charge in [-0.25, -0.2) is 4.98 Å². The molecular weight excluding hydrogens is 238 g/mol. The molecule has 0 aliphatic heterocycles. The summed E-state index contributed by atoms with van der Waals surface area (Å²) in [4.78, 5) is 19.1. The minimum absolute atomic E-state index is 0.183. The maximum absolute atomic E-state index is 11.9. The maximum atomic E-state index is 11.9. The average Bonchev–Trinajstić information content (AvgIpc) is 2.86. The van der Waals surface area contributed by atoms with E-state index >= 15 is 0 Å². The number of nitrogens with one attached hydrogen (secondary N) is 2. The summed E-state index contributed by atoms with van der Waals surface area (Å²) >= 11 is 1.04. The summed E-state index contributed by atoms with van der Waals surface area (Å²) in [6, 6.07) is -0.183. The van der Waals surface area contributed by atoms with Crippen LogP contribution in [0.25, 0.3) is 0 Å². The van der Waals surface area contributed by atoms with Crippen molar-refractivity contribution >= 4 is 17.6 Å². The van der Waals surface area contributed by atoms with Crippen LogP contribution in [-0.2, 0) is 0 Å². The molecule has 90 valence electrons. The van der Waals surface area contributed by atoms with E-state index in [2.05, 4.69) is 24.0 Å². The fraction of sp³-hybridized carbons (Fsp3) is 0.400. The second-order valence-electron chi connectivity index (χ2n) is 3.84. The van der Waals surface area contributed by atoms with Crippen LogP contribution >= 0.6 is 11.7 Å². The van der Waals surface area contributed by atoms with Gasteiger partial charge in [-0.1, -0.05) is 0 Å². The van der Waals surface area contributed by atoms with E-state index in [1.807, 2.05) is 13.8 Å². The fourth-order valence-corrected chi connectivity index (χ4v) is 1.97. The first-order chi connectivity index (χ1) is 8.08. The normalized spacial score (nSPS) is 12.4. The molecule has 0 aliphatic rings. The predicted octanol–water partition coefficient (Wildman–Crippen LogP) is 1.37. The molecule has 0 spiro atoms. The van der Waals surface area contributed by atoms with E-state index in [0.29, 0.717) is 11.4 Å². The Balaban J connectivity index is 2.07. The third kappa shape index (κ3) is 2.50. The van der Waals surface area contributed by atoms with Crippen molar-refractivity contribution in [3.05, 3.63) is 29.1 Å². The Morgan fingerprint density at radius 3 is 2.76 bits per heavy atom. The van der Waals surface area contributed by atoms with Gasteiger partial charge < -0.3 is 10.3 Å². The van der Waals surface area contributed by atoms with E-state index in [4.69, 9.17) is 0 Å². The lowest BCUT2D eigenvalue weighted by Crippen LogP contribution is -2.28. The van der Waals surface area contributed by atoms with Crippen LogP contribution < -0.4 is 5.32 Å². The summed E-state index contributed by atoms with van der Waals surface area (Å²) < 4.78 is 7.92. The highest BCUT2D eigenvalue weighted by Gasteiger charge is 2.17. The first-order valence-electron chi connectivity index (χ1n) is 5.19. The number of carbonyl (C=O) groups is 1. The second-order valence-corrected chi connectivity index (χ2v) is 4.37. The molecule has 1 amide bonds. The minimum atomic E-state index is -0.224. The smallest absolute Gasteiger partial charge is 0.273 e. The molecule has 0 saturated heterocycles. The molecule has 6 nitrogen and oxygen atoms in total. The summed E-state index contributed by atoms with van der Waals surface area (Å²) in [5, 5.41) is 2.82. The lowest BCUT2D eigenvalue weighted by Gasteiger charge is -2.10. The van der Waals surface area contributed by atoms with Crippen LogP contribution in [0.15, 0.2) is 6.20 Å². The summed E-state index contributed by atoms with van der Waals surface area (Å²) in [7, 11) is 0. The molecule has 17 heavy (non-hydrogen) atoms. The number of aromatic amines is 1. The summed E-state index contributed by atoms with van der Waals surface area (Å²) in [5.74, 6) is 0.509. The maximum Gasteiger partial charge on any atom is 0.273 e. The zero-order chi connectivity index (χ0) is 12.4. The largest absolute Gasteiger partial charge is 0.344 e. The molecule has 0 aromatic carbocycles. The molecule has 0 bridgehead atoms. The topological polar surface area (TPSA) is 83.6 Å². The van der Waals surface area contributed by atoms with Crippen LogP contribution in [0.1, 0.15) is 40.7 Å². The van der Waals surface area contributed by atoms with Crippen LogP contribution in [0.4, 0.5) is 0 Å². The van der Waals surface area contributed by atoms with Gasteiger partial charge >= 0.3 is 0 Å². The molecule has 2 aromatic heterocycles. The van der Waals surface area contributed by atoms with Gasteiger partial charge in [0.1, 0.15) is 5.82 Å². The molecule has 7 heteroatoms. The minimum Gasteiger partial charge on any atom is -0.344 e. The highest BCUT2D eigenvalue weighted by molar-refractivity contribution is 6.99. The van der Waals surface area contributed by atoms with Crippen LogP contribution in [0, 0.1) is 13.8 Å². The molecular formula is C10H13N5OS. The number of carbonyl (C=O) groups excluding carboxylic acids is 1. The first kappa shape index (κ1) is 11.7. The number of aromatic nitrogens is 4. The lowest BCUT2D eigenvalue weighted by molar-refractivity contribution is 0.0933. The van der Waals surface area contributed by atoms with Gasteiger partial charge in [-0.15, -0.1) is 0 Å². The second kappa shape index (κ2) is 4.62. The summed E-state index contributed by atoms with van der Waals surface area (Å²) in [5.41, 5.74) is 1.99. The van der Waals surface area contributed by atoms with Crippen molar-refractivity contribution in [2.45, 2.75) is 26.8 Å². The number of amides is 1. The van der Waals surface area contributed by atoms with Gasteiger partial charge in [0.2, 0.25) is 0 Å². The van der Waals surface area contributed by atoms with Crippen molar-refractivity contribution in [3.63, 3.8) is 0 Å². The Labute approximate surface area is 103 Å². The van der Waals surface area contributed by atoms with Gasteiger partial charge in [-0.2, -0.15) is 8.75 Å². The predicted molar refractivity (Wildman–Crippen MR) is 63.9 cm³/mol. The Hall–Kier alpha value is -1.76. The van der Waals surface area contributed by atoms with Crippen LogP contribution in [0.3, 0.4) is 0 Å². The van der Waals surface area contributed by atoms with Gasteiger partial charge in [0.25, 0.3) is 5.91 Å². The number of aryl methyl sites for hydroxylation is 2. The lowest BCUT2D eigenvalue weighted by atomic mass is 10.2. The third-order valence-corrected chi connectivity index (χ3v) is 2.97. The summed E-state index contributed by atoms with van der Waals surface area (Å²) in [6.07, 6.45) is 1.73. The number of H-pyrrole nitrogens is 1. The molecule has 2 heterocycles. The van der Waals surface area contributed by atoms with E-state index in [-0.39, 0.29) is 11.9 Å². The van der Waals surface area contributed by atoms with E-state index in [1.165, 1.54) is 0 Å². The number of rotatable bonds is 3. The van der Waals surface area contributed by atoms with Crippen molar-refractivity contribution in [1.29, 1.82) is 0 Å². The molecule has 0 saturated carbocycles. The number of nitrogens with zero attached hydrogens (tertiary/aromatic N) is 3. The quantitative estimate of drug-likeness (QED) is 0.863. The number of imidazole rings is 1. The van der Waals surface area contributed by atoms with E-state index in [1.54, 1.807) is 13.1 Å². The van der Waals surface area contributed by atoms with Crippen molar-refractivity contribution in [1.82, 2.24) is 24.0 Å². The van der Waals surface area contributed by atoms with Crippen LogP contribution in [-0.4, -0.2) is 24.6 Å². The number of hydrogen-bond acceptors (Lipinski definition) is 5. The van der Waals surface area contributed by atoms with E-state index < -0.39 is 0 Å². The fourth-order valence-electron chi connectivity index (χ4n) is 1.42. The average molecular weight is 251 g/mol. The van der Waals surface area contributed by atoms with Crippen LogP contribution in [0.2, 0.25) is 0 Å². The van der Waals surface area contributed by atoms with Gasteiger partial charge in [0.05, 0.1) is 23.5 Å². The third-order valence-electron chi connectivity index (χ3n) is 2.35. The van der Waals surface area contributed by atoms with Crippen molar-refractivity contribution < 1.29 is 4.79 Å². The Bertz CT molecular complexity index is 532. The van der Waals surface area contributed by atoms with E-state index in [9.17, 15) is 4.79 Å². The van der Waals surface area contributed by atoms with Crippen molar-refractivity contribution in [2.75, 3.05) is 0 Å².